The molecule has 0 unspecified atom stereocenters. The molecule has 0 fully saturated rings. The molecule has 0 spiro atoms. The van der Waals surface area contributed by atoms with Gasteiger partial charge in [0.15, 0.2) is 0 Å². The van der Waals surface area contributed by atoms with Gasteiger partial charge in [-0.15, -0.1) is 0 Å². The summed E-state index contributed by atoms with van der Waals surface area (Å²) in [5.41, 5.74) is 0. The van der Waals surface area contributed by atoms with Crippen LogP contribution in [0.3, 0.4) is 0 Å². The summed E-state index contributed by atoms with van der Waals surface area (Å²) in [4.78, 5) is 0. The van der Waals surface area contributed by atoms with Gasteiger partial charge in [0.05, 0.1) is 0 Å². The van der Waals surface area contributed by atoms with Gasteiger partial charge in [-0.1, -0.05) is 0 Å². The first kappa shape index (κ1) is 22.6. The Kier molecular flexibility index (Phi) is 51.3. The minimum Gasteiger partial charge on any atom is -0.839 e. The van der Waals surface area contributed by atoms with E-state index in [0.29, 0.717) is 0 Å². The topological polar surface area (TPSA) is 0 Å². The van der Waals surface area contributed by atoms with Crippen LogP contribution in [-0.4, -0.2) is 3.91 Å². The molecular weight excluding hydrogens is 332 g/mol. The summed E-state index contributed by atoms with van der Waals surface area (Å²) in [5, 5.41) is 0. The van der Waals surface area contributed by atoms with Gasteiger partial charge in [-0.2, -0.15) is 0 Å². The molecule has 0 heterocycles. The van der Waals surface area contributed by atoms with Crippen LogP contribution in [0.1, 0.15) is 0 Å². The molecule has 0 nitrogen and oxygen atoms in total. The van der Waals surface area contributed by atoms with Crippen molar-refractivity contribution in [3.05, 3.63) is 0 Å². The maximum atomic E-state index is 4.25. The molecule has 0 rings (SSSR count). The smallest absolute Gasteiger partial charge is 0.839 e. The monoisotopic (exact) mass is 338 g/mol. The fourth-order valence-electron chi connectivity index (χ4n) is 0. The van der Waals surface area contributed by atoms with E-state index in [9.17, 15) is 0 Å². The molecule has 0 saturated heterocycles. The van der Waals surface area contributed by atoms with Gasteiger partial charge in [0, 0.05) is 21.1 Å². The molecule has 0 bridgehead atoms. The number of hydrogen-bond donors (Lipinski definition) is 0. The average molecular weight is 334 g/mol. The second kappa shape index (κ2) is 15.9. The van der Waals surface area contributed by atoms with Crippen LogP contribution in [0.4, 0.5) is 0 Å². The number of thiol groups is 1. The van der Waals surface area contributed by atoms with Crippen molar-refractivity contribution in [1.82, 2.24) is 0 Å². The van der Waals surface area contributed by atoms with Gasteiger partial charge in [-0.3, -0.25) is 0 Å². The van der Waals surface area contributed by atoms with Crippen molar-refractivity contribution in [1.29, 1.82) is 0 Å². The van der Waals surface area contributed by atoms with Crippen LogP contribution in [0.25, 0.3) is 0 Å². The molecule has 0 radical (unpaired) electrons. The second-order valence-corrected chi connectivity index (χ2v) is 2.60. The molecule has 44 valence electrons. The minimum absolute atomic E-state index is 0. The second-order valence-electron chi connectivity index (χ2n) is 0.289. The first-order valence-corrected chi connectivity index (χ1v) is 2.12. The molecule has 0 saturated carbocycles. The van der Waals surface area contributed by atoms with Crippen molar-refractivity contribution in [2.75, 3.05) is 0 Å². The molecule has 0 aromatic carbocycles. The van der Waals surface area contributed by atoms with E-state index in [1.165, 1.54) is 0 Å². The Morgan fingerprint density at radius 1 is 1.00 bits per heavy atom. The van der Waals surface area contributed by atoms with Crippen molar-refractivity contribution < 1.29 is 42.1 Å². The maximum absolute atomic E-state index is 4.25. The molecule has 0 aliphatic heterocycles. The SMILES string of the molecule is [Mo+2].[Mo].[S-]C([S-])[S-].[SH-]. The van der Waals surface area contributed by atoms with Crippen molar-refractivity contribution in [3.63, 3.8) is 0 Å². The number of hydrogen-bond acceptors (Lipinski definition) is 4. The Balaban J connectivity index is -0.0000000150. The van der Waals surface area contributed by atoms with E-state index in [2.05, 4.69) is 37.9 Å². The first-order valence-electron chi connectivity index (χ1n) is 0.707. The molecule has 0 amide bonds. The largest absolute Gasteiger partial charge is 2.00 e. The normalized spacial score (nSPS) is 5.14. The zero-order valence-corrected chi connectivity index (χ0v) is 10.4. The van der Waals surface area contributed by atoms with Crippen molar-refractivity contribution in [2.45, 2.75) is 3.91 Å². The summed E-state index contributed by atoms with van der Waals surface area (Å²) < 4.78 is -0.417. The van der Waals surface area contributed by atoms with E-state index >= 15 is 0 Å². The Morgan fingerprint density at radius 2 is 1.00 bits per heavy atom. The Labute approximate surface area is 96.2 Å². The molecule has 0 aromatic heterocycles. The Hall–Kier alpha value is 2.78. The predicted octanol–water partition coefficient (Wildman–Crippen LogP) is -0.364. The summed E-state index contributed by atoms with van der Waals surface area (Å²) in [6, 6.07) is 0. The maximum Gasteiger partial charge on any atom is 2.00 e. The van der Waals surface area contributed by atoms with Crippen LogP contribution in [0.2, 0.25) is 0 Å². The third-order valence-corrected chi connectivity index (χ3v) is 0. The molecule has 0 aromatic rings. The number of rotatable bonds is 0. The van der Waals surface area contributed by atoms with E-state index in [1.807, 2.05) is 0 Å². The van der Waals surface area contributed by atoms with Gasteiger partial charge in [0.2, 0.25) is 0 Å². The molecule has 0 atom stereocenters. The van der Waals surface area contributed by atoms with Gasteiger partial charge in [0.1, 0.15) is 0 Å². The zero-order valence-electron chi connectivity index (χ0n) is 3.07. The van der Waals surface area contributed by atoms with Crippen LogP contribution in [0.5, 0.6) is 0 Å². The van der Waals surface area contributed by atoms with E-state index in [-0.39, 0.29) is 55.6 Å². The van der Waals surface area contributed by atoms with E-state index in [0.717, 1.165) is 0 Å². The molecule has 7 heavy (non-hydrogen) atoms. The van der Waals surface area contributed by atoms with Crippen LogP contribution in [0.15, 0.2) is 0 Å². The first-order chi connectivity index (χ1) is 1.73. The fourth-order valence-corrected chi connectivity index (χ4v) is 0. The third-order valence-electron chi connectivity index (χ3n) is 0. The fraction of sp³-hybridized carbons (Fsp3) is 1.00. The van der Waals surface area contributed by atoms with Crippen molar-refractivity contribution in [3.8, 4) is 0 Å². The summed E-state index contributed by atoms with van der Waals surface area (Å²) in [5.74, 6) is 0. The van der Waals surface area contributed by atoms with Gasteiger partial charge < -0.3 is 55.3 Å². The van der Waals surface area contributed by atoms with E-state index in [1.54, 1.807) is 0 Å². The van der Waals surface area contributed by atoms with Crippen LogP contribution < -0.4 is 0 Å². The predicted molar refractivity (Wildman–Crippen MR) is 34.6 cm³/mol. The molecule has 6 heteroatoms. The van der Waals surface area contributed by atoms with Crippen LogP contribution in [0, 0.1) is 0 Å². The summed E-state index contributed by atoms with van der Waals surface area (Å²) in [6.45, 7) is 0. The van der Waals surface area contributed by atoms with Crippen molar-refractivity contribution >= 4 is 51.4 Å². The van der Waals surface area contributed by atoms with Crippen LogP contribution in [-0.2, 0) is 93.5 Å². The summed E-state index contributed by atoms with van der Waals surface area (Å²) in [6.07, 6.45) is 0. The van der Waals surface area contributed by atoms with Gasteiger partial charge in [-0.05, 0) is 0 Å². The Morgan fingerprint density at radius 3 is 1.00 bits per heavy atom. The van der Waals surface area contributed by atoms with Crippen molar-refractivity contribution in [2.24, 2.45) is 0 Å². The van der Waals surface area contributed by atoms with Crippen LogP contribution >= 0.6 is 0 Å². The quantitative estimate of drug-likeness (QED) is 0.337. The minimum atomic E-state index is -0.417. The Bertz CT molecular complexity index is 14.4. The summed E-state index contributed by atoms with van der Waals surface area (Å²) in [7, 11) is 0. The zero-order chi connectivity index (χ0) is 3.58. The van der Waals surface area contributed by atoms with Gasteiger partial charge in [0.25, 0.3) is 0 Å². The summed E-state index contributed by atoms with van der Waals surface area (Å²) >= 11 is 12.8. The van der Waals surface area contributed by atoms with E-state index < -0.39 is 3.91 Å². The van der Waals surface area contributed by atoms with E-state index in [4.69, 9.17) is 0 Å². The molecular formula is CH2Mo2S4-2. The molecule has 0 N–H and O–H groups in total. The van der Waals surface area contributed by atoms with Gasteiger partial charge in [-0.25, -0.2) is 0 Å². The molecule has 0 aliphatic rings. The third kappa shape index (κ3) is 52.3. The van der Waals surface area contributed by atoms with Gasteiger partial charge >= 0.3 is 21.1 Å². The average Bonchev–Trinajstić information content (AvgIpc) is 0.811. The standard InChI is InChI=1S/CH4S3.2Mo.H2S/c2-1(3)4;;;/h1-4H;;;1H2/q;;+2;/p-4. The molecule has 0 aliphatic carbocycles.